The highest BCUT2D eigenvalue weighted by molar-refractivity contribution is 5.77. The zero-order valence-electron chi connectivity index (χ0n) is 13.0. The van der Waals surface area contributed by atoms with Crippen LogP contribution in [-0.2, 0) is 22.5 Å². The van der Waals surface area contributed by atoms with Gasteiger partial charge in [0.2, 0.25) is 0 Å². The van der Waals surface area contributed by atoms with Crippen LogP contribution in [0.2, 0.25) is 0 Å². The number of esters is 1. The number of benzene rings is 1. The topological polar surface area (TPSA) is 38.3 Å². The molecule has 3 rings (SSSR count). The summed E-state index contributed by atoms with van der Waals surface area (Å²) >= 11 is 0. The summed E-state index contributed by atoms with van der Waals surface area (Å²) in [6, 6.07) is 8.13. The number of carbonyl (C=O) groups excluding carboxylic acids is 1. The third-order valence-corrected chi connectivity index (χ3v) is 4.93. The molecule has 1 aliphatic heterocycles. The second-order valence-electron chi connectivity index (χ2n) is 7.21. The molecular weight excluding hydrogens is 262 g/mol. The maximum absolute atomic E-state index is 12.4. The fraction of sp³-hybridized carbons (Fsp3) is 0.611. The Labute approximate surface area is 127 Å². The fourth-order valence-electron chi connectivity index (χ4n) is 3.36. The van der Waals surface area contributed by atoms with E-state index in [4.69, 9.17) is 4.74 Å². The molecule has 1 N–H and O–H groups in total. The lowest BCUT2D eigenvalue weighted by molar-refractivity contribution is -0.154. The van der Waals surface area contributed by atoms with Crippen LogP contribution in [0.25, 0.3) is 0 Å². The summed E-state index contributed by atoms with van der Waals surface area (Å²) in [5.74, 6) is -0.0748. The lowest BCUT2D eigenvalue weighted by Gasteiger charge is -2.35. The molecule has 0 radical (unpaired) electrons. The van der Waals surface area contributed by atoms with Crippen LogP contribution >= 0.6 is 0 Å². The molecule has 1 aromatic carbocycles. The second-order valence-corrected chi connectivity index (χ2v) is 7.21. The molecule has 114 valence electrons. The number of hydrogen-bond donors (Lipinski definition) is 1. The van der Waals surface area contributed by atoms with Crippen molar-refractivity contribution in [1.29, 1.82) is 0 Å². The maximum Gasteiger partial charge on any atom is 0.323 e. The van der Waals surface area contributed by atoms with E-state index in [2.05, 4.69) is 31.3 Å². The fourth-order valence-corrected chi connectivity index (χ4v) is 3.36. The van der Waals surface area contributed by atoms with Crippen molar-refractivity contribution in [2.75, 3.05) is 0 Å². The Kier molecular flexibility index (Phi) is 4.03. The molecule has 0 saturated heterocycles. The number of carbonyl (C=O) groups is 1. The summed E-state index contributed by atoms with van der Waals surface area (Å²) in [7, 11) is 0. The molecule has 1 fully saturated rings. The number of hydrogen-bond acceptors (Lipinski definition) is 3. The number of ether oxygens (including phenoxy) is 1. The van der Waals surface area contributed by atoms with Gasteiger partial charge in [0.1, 0.15) is 12.1 Å². The summed E-state index contributed by atoms with van der Waals surface area (Å²) in [4.78, 5) is 12.4. The molecule has 3 heteroatoms. The quantitative estimate of drug-likeness (QED) is 0.849. The summed E-state index contributed by atoms with van der Waals surface area (Å²) in [6.45, 7) is 5.35. The van der Waals surface area contributed by atoms with Gasteiger partial charge >= 0.3 is 5.97 Å². The molecular formula is C18H25NO2. The van der Waals surface area contributed by atoms with E-state index < -0.39 is 0 Å². The Bertz CT molecular complexity index is 514. The Morgan fingerprint density at radius 3 is 2.57 bits per heavy atom. The highest BCUT2D eigenvalue weighted by Crippen LogP contribution is 2.36. The van der Waals surface area contributed by atoms with Crippen LogP contribution in [-0.4, -0.2) is 18.1 Å². The minimum absolute atomic E-state index is 0.0748. The van der Waals surface area contributed by atoms with E-state index in [1.807, 2.05) is 12.1 Å². The lowest BCUT2D eigenvalue weighted by atomic mass is 9.76. The Balaban J connectivity index is 1.55. The van der Waals surface area contributed by atoms with Crippen LogP contribution in [0.15, 0.2) is 24.3 Å². The number of rotatable bonds is 2. The monoisotopic (exact) mass is 287 g/mol. The van der Waals surface area contributed by atoms with Crippen LogP contribution in [0.3, 0.4) is 0 Å². The molecule has 1 heterocycles. The van der Waals surface area contributed by atoms with Gasteiger partial charge in [0.15, 0.2) is 0 Å². The van der Waals surface area contributed by atoms with Crippen LogP contribution in [0, 0.1) is 5.41 Å². The van der Waals surface area contributed by atoms with Gasteiger partial charge in [0, 0.05) is 6.54 Å². The van der Waals surface area contributed by atoms with Crippen LogP contribution in [0.5, 0.6) is 0 Å². The Morgan fingerprint density at radius 1 is 1.19 bits per heavy atom. The summed E-state index contributed by atoms with van der Waals surface area (Å²) in [5, 5.41) is 3.31. The maximum atomic E-state index is 12.4. The van der Waals surface area contributed by atoms with Gasteiger partial charge in [-0.15, -0.1) is 0 Å². The Morgan fingerprint density at radius 2 is 1.86 bits per heavy atom. The van der Waals surface area contributed by atoms with E-state index >= 15 is 0 Å². The van der Waals surface area contributed by atoms with E-state index in [9.17, 15) is 4.79 Å². The van der Waals surface area contributed by atoms with E-state index in [-0.39, 0.29) is 18.1 Å². The van der Waals surface area contributed by atoms with E-state index in [1.165, 1.54) is 11.1 Å². The average molecular weight is 287 g/mol. The van der Waals surface area contributed by atoms with E-state index in [0.717, 1.165) is 38.6 Å². The van der Waals surface area contributed by atoms with Crippen molar-refractivity contribution in [2.24, 2.45) is 5.41 Å². The molecule has 1 aromatic rings. The van der Waals surface area contributed by atoms with E-state index in [1.54, 1.807) is 0 Å². The molecule has 0 aromatic heterocycles. The molecule has 0 spiro atoms. The first-order chi connectivity index (χ1) is 10.0. The molecule has 2 aliphatic rings. The van der Waals surface area contributed by atoms with Crippen molar-refractivity contribution in [3.05, 3.63) is 35.4 Å². The molecule has 0 amide bonds. The molecule has 0 unspecified atom stereocenters. The third-order valence-electron chi connectivity index (χ3n) is 4.93. The molecule has 21 heavy (non-hydrogen) atoms. The van der Waals surface area contributed by atoms with Gasteiger partial charge in [-0.1, -0.05) is 38.1 Å². The van der Waals surface area contributed by atoms with Gasteiger partial charge in [0.05, 0.1) is 0 Å². The lowest BCUT2D eigenvalue weighted by Crippen LogP contribution is -2.44. The van der Waals surface area contributed by atoms with Crippen molar-refractivity contribution >= 4 is 5.97 Å². The van der Waals surface area contributed by atoms with Gasteiger partial charge < -0.3 is 10.1 Å². The van der Waals surface area contributed by atoms with Gasteiger partial charge in [-0.25, -0.2) is 0 Å². The smallest absolute Gasteiger partial charge is 0.323 e. The highest BCUT2D eigenvalue weighted by atomic mass is 16.5. The third kappa shape index (κ3) is 3.46. The van der Waals surface area contributed by atoms with Crippen molar-refractivity contribution in [3.8, 4) is 0 Å². The van der Waals surface area contributed by atoms with Crippen molar-refractivity contribution < 1.29 is 9.53 Å². The largest absolute Gasteiger partial charge is 0.461 e. The van der Waals surface area contributed by atoms with E-state index in [0.29, 0.717) is 5.41 Å². The second kappa shape index (κ2) is 5.80. The molecule has 3 nitrogen and oxygen atoms in total. The van der Waals surface area contributed by atoms with Crippen molar-refractivity contribution in [3.63, 3.8) is 0 Å². The molecule has 0 bridgehead atoms. The number of fused-ring (bicyclic) bond motifs is 1. The van der Waals surface area contributed by atoms with Gasteiger partial charge in [0.25, 0.3) is 0 Å². The van der Waals surface area contributed by atoms with Crippen molar-refractivity contribution in [2.45, 2.75) is 64.6 Å². The van der Waals surface area contributed by atoms with Crippen molar-refractivity contribution in [1.82, 2.24) is 5.32 Å². The average Bonchev–Trinajstić information content (AvgIpc) is 2.49. The zero-order valence-corrected chi connectivity index (χ0v) is 13.0. The predicted molar refractivity (Wildman–Crippen MR) is 82.9 cm³/mol. The molecule has 1 aliphatic carbocycles. The highest BCUT2D eigenvalue weighted by Gasteiger charge is 2.31. The standard InChI is InChI=1S/C18H25NO2/c1-18(2)9-7-15(8-10-18)21-17(20)16-11-13-5-3-4-6-14(13)12-19-16/h3-6,15-16,19H,7-12H2,1-2H3/t16-/m1/s1. The first-order valence-corrected chi connectivity index (χ1v) is 8.04. The first-order valence-electron chi connectivity index (χ1n) is 8.04. The Hall–Kier alpha value is -1.35. The zero-order chi connectivity index (χ0) is 14.9. The minimum atomic E-state index is -0.185. The van der Waals surface area contributed by atoms with Crippen LogP contribution in [0.4, 0.5) is 0 Å². The minimum Gasteiger partial charge on any atom is -0.461 e. The number of nitrogens with one attached hydrogen (secondary N) is 1. The molecule has 1 atom stereocenters. The summed E-state index contributed by atoms with van der Waals surface area (Å²) in [6.07, 6.45) is 5.15. The normalized spacial score (nSPS) is 25.1. The van der Waals surface area contributed by atoms with Crippen LogP contribution < -0.4 is 5.32 Å². The molecule has 1 saturated carbocycles. The summed E-state index contributed by atoms with van der Waals surface area (Å²) < 4.78 is 5.74. The van der Waals surface area contributed by atoms with Gasteiger partial charge in [-0.05, 0) is 48.6 Å². The van der Waals surface area contributed by atoms with Gasteiger partial charge in [-0.3, -0.25) is 4.79 Å². The SMILES string of the molecule is CC1(C)CCC(OC(=O)[C@H]2Cc3ccccc3CN2)CC1. The summed E-state index contributed by atoms with van der Waals surface area (Å²) in [5.41, 5.74) is 2.97. The van der Waals surface area contributed by atoms with Gasteiger partial charge in [-0.2, -0.15) is 0 Å². The van der Waals surface area contributed by atoms with Crippen LogP contribution in [0.1, 0.15) is 50.7 Å². The predicted octanol–water partition coefficient (Wildman–Crippen LogP) is 3.21. The first kappa shape index (κ1) is 14.6.